The predicted octanol–water partition coefficient (Wildman–Crippen LogP) is 6.12. The lowest BCUT2D eigenvalue weighted by Crippen LogP contribution is -2.10. The summed E-state index contributed by atoms with van der Waals surface area (Å²) in [5, 5.41) is 0. The first-order valence-corrected chi connectivity index (χ1v) is 9.59. The van der Waals surface area contributed by atoms with Crippen LogP contribution in [-0.2, 0) is 7.05 Å². The fourth-order valence-corrected chi connectivity index (χ4v) is 3.40. The summed E-state index contributed by atoms with van der Waals surface area (Å²) in [6.07, 6.45) is 1.89. The second-order valence-corrected chi connectivity index (χ2v) is 8.05. The highest BCUT2D eigenvalue weighted by Crippen LogP contribution is 2.35. The number of hydrogen-bond donors (Lipinski definition) is 0. The highest BCUT2D eigenvalue weighted by molar-refractivity contribution is 6.03. The van der Waals surface area contributed by atoms with Crippen molar-refractivity contribution in [1.82, 2.24) is 9.55 Å². The third kappa shape index (κ3) is 3.48. The van der Waals surface area contributed by atoms with Crippen molar-refractivity contribution in [2.24, 2.45) is 12.0 Å². The molecule has 3 heteroatoms. The zero-order valence-corrected chi connectivity index (χ0v) is 16.8. The van der Waals surface area contributed by atoms with Gasteiger partial charge in [-0.2, -0.15) is 0 Å². The van der Waals surface area contributed by atoms with Gasteiger partial charge in [-0.1, -0.05) is 72.8 Å². The van der Waals surface area contributed by atoms with Crippen LogP contribution in [0.3, 0.4) is 0 Å². The molecule has 0 N–H and O–H groups in total. The van der Waals surface area contributed by atoms with Crippen molar-refractivity contribution in [3.8, 4) is 22.3 Å². The Hall–Kier alpha value is -3.20. The average molecular weight is 367 g/mol. The van der Waals surface area contributed by atoms with Gasteiger partial charge in [0.1, 0.15) is 0 Å². The number of hydrogen-bond acceptors (Lipinski definition) is 2. The van der Waals surface area contributed by atoms with Crippen molar-refractivity contribution in [3.63, 3.8) is 0 Å². The summed E-state index contributed by atoms with van der Waals surface area (Å²) in [4.78, 5) is 9.67. The van der Waals surface area contributed by atoms with Crippen molar-refractivity contribution in [2.45, 2.75) is 26.3 Å². The van der Waals surface area contributed by atoms with Crippen molar-refractivity contribution < 1.29 is 0 Å². The molecule has 4 rings (SSSR count). The molecule has 0 aliphatic heterocycles. The van der Waals surface area contributed by atoms with Crippen LogP contribution in [0.15, 0.2) is 77.8 Å². The standard InChI is InChI=1S/C25H25N3/c1-25(2,3)26-17-22-27-23-20(18-11-7-5-8-12-18)15-16-21(24(23)28(22)4)19-13-9-6-10-14-19/h5-17H,1-4H3. The SMILES string of the molecule is Cn1c(C=NC(C)(C)C)nc2c(-c3ccccc3)ccc(-c3ccccc3)c21. The van der Waals surface area contributed by atoms with Gasteiger partial charge in [-0.25, -0.2) is 4.98 Å². The Kier molecular flexibility index (Phi) is 4.60. The maximum absolute atomic E-state index is 4.99. The number of aliphatic imine (C=N–C) groups is 1. The Balaban J connectivity index is 2.00. The minimum atomic E-state index is -0.136. The van der Waals surface area contributed by atoms with Gasteiger partial charge in [0.25, 0.3) is 0 Å². The second-order valence-electron chi connectivity index (χ2n) is 8.05. The smallest absolute Gasteiger partial charge is 0.151 e. The molecule has 0 aliphatic rings. The van der Waals surface area contributed by atoms with Gasteiger partial charge >= 0.3 is 0 Å². The molecule has 0 amide bonds. The van der Waals surface area contributed by atoms with Crippen LogP contribution in [0.2, 0.25) is 0 Å². The maximum atomic E-state index is 4.99. The van der Waals surface area contributed by atoms with E-state index < -0.39 is 0 Å². The number of imidazole rings is 1. The third-order valence-corrected chi connectivity index (χ3v) is 4.79. The van der Waals surface area contributed by atoms with Crippen molar-refractivity contribution in [2.75, 3.05) is 0 Å². The van der Waals surface area contributed by atoms with Gasteiger partial charge in [0, 0.05) is 18.2 Å². The van der Waals surface area contributed by atoms with Gasteiger partial charge in [-0.05, 0) is 31.9 Å². The normalized spacial score (nSPS) is 12.1. The summed E-state index contributed by atoms with van der Waals surface area (Å²) in [5.41, 5.74) is 6.68. The summed E-state index contributed by atoms with van der Waals surface area (Å²) in [6, 6.07) is 25.3. The van der Waals surface area contributed by atoms with E-state index in [1.807, 2.05) is 18.3 Å². The molecule has 1 heterocycles. The van der Waals surface area contributed by atoms with Gasteiger partial charge in [-0.3, -0.25) is 4.99 Å². The van der Waals surface area contributed by atoms with Crippen LogP contribution in [-0.4, -0.2) is 21.3 Å². The summed E-state index contributed by atoms with van der Waals surface area (Å²) >= 11 is 0. The fraction of sp³-hybridized carbons (Fsp3) is 0.200. The first-order chi connectivity index (χ1) is 13.4. The molecule has 0 saturated heterocycles. The highest BCUT2D eigenvalue weighted by atomic mass is 15.1. The van der Waals surface area contributed by atoms with E-state index >= 15 is 0 Å². The molecule has 0 spiro atoms. The van der Waals surface area contributed by atoms with Gasteiger partial charge in [0.2, 0.25) is 0 Å². The Morgan fingerprint density at radius 1 is 0.786 bits per heavy atom. The zero-order valence-electron chi connectivity index (χ0n) is 16.8. The fourth-order valence-electron chi connectivity index (χ4n) is 3.40. The van der Waals surface area contributed by atoms with E-state index in [0.717, 1.165) is 22.4 Å². The molecule has 28 heavy (non-hydrogen) atoms. The molecule has 0 unspecified atom stereocenters. The molecule has 0 radical (unpaired) electrons. The van der Waals surface area contributed by atoms with Gasteiger partial charge < -0.3 is 4.57 Å². The topological polar surface area (TPSA) is 30.2 Å². The average Bonchev–Trinajstić information content (AvgIpc) is 3.03. The Morgan fingerprint density at radius 3 is 1.89 bits per heavy atom. The molecule has 4 aromatic rings. The van der Waals surface area contributed by atoms with Crippen LogP contribution in [0.5, 0.6) is 0 Å². The number of aromatic nitrogens is 2. The number of rotatable bonds is 3. The minimum absolute atomic E-state index is 0.136. The second kappa shape index (κ2) is 7.08. The lowest BCUT2D eigenvalue weighted by Gasteiger charge is -2.11. The van der Waals surface area contributed by atoms with E-state index in [4.69, 9.17) is 4.98 Å². The van der Waals surface area contributed by atoms with Crippen LogP contribution in [0, 0.1) is 0 Å². The zero-order chi connectivity index (χ0) is 19.7. The van der Waals surface area contributed by atoms with Crippen LogP contribution < -0.4 is 0 Å². The molecule has 3 aromatic carbocycles. The van der Waals surface area contributed by atoms with Crippen molar-refractivity contribution in [1.29, 1.82) is 0 Å². The van der Waals surface area contributed by atoms with Gasteiger partial charge in [0.15, 0.2) is 5.82 Å². The molecule has 0 bridgehead atoms. The molecule has 3 nitrogen and oxygen atoms in total. The lowest BCUT2D eigenvalue weighted by atomic mass is 9.98. The lowest BCUT2D eigenvalue weighted by molar-refractivity contribution is 0.586. The Morgan fingerprint density at radius 2 is 1.32 bits per heavy atom. The number of fused-ring (bicyclic) bond motifs is 1. The predicted molar refractivity (Wildman–Crippen MR) is 119 cm³/mol. The first-order valence-electron chi connectivity index (χ1n) is 9.59. The van der Waals surface area contributed by atoms with Crippen LogP contribution in [0.4, 0.5) is 0 Å². The van der Waals surface area contributed by atoms with E-state index in [0.29, 0.717) is 0 Å². The van der Waals surface area contributed by atoms with E-state index in [9.17, 15) is 0 Å². The monoisotopic (exact) mass is 367 g/mol. The third-order valence-electron chi connectivity index (χ3n) is 4.79. The minimum Gasteiger partial charge on any atom is -0.326 e. The number of aryl methyl sites for hydroxylation is 1. The van der Waals surface area contributed by atoms with E-state index in [1.165, 1.54) is 16.7 Å². The molecule has 0 atom stereocenters. The molecule has 0 aliphatic carbocycles. The Labute approximate surface area is 166 Å². The molecule has 0 saturated carbocycles. The van der Waals surface area contributed by atoms with Crippen LogP contribution >= 0.6 is 0 Å². The molecular weight excluding hydrogens is 342 g/mol. The highest BCUT2D eigenvalue weighted by Gasteiger charge is 2.17. The van der Waals surface area contributed by atoms with Crippen molar-refractivity contribution >= 4 is 17.2 Å². The molecule has 0 fully saturated rings. The quantitative estimate of drug-likeness (QED) is 0.401. The Bertz CT molecular complexity index is 1130. The summed E-state index contributed by atoms with van der Waals surface area (Å²) in [7, 11) is 2.07. The largest absolute Gasteiger partial charge is 0.326 e. The summed E-state index contributed by atoms with van der Waals surface area (Å²) in [5.74, 6) is 0.866. The maximum Gasteiger partial charge on any atom is 0.151 e. The van der Waals surface area contributed by atoms with Crippen LogP contribution in [0.1, 0.15) is 26.6 Å². The number of benzene rings is 3. The molecule has 140 valence electrons. The first kappa shape index (κ1) is 18.2. The van der Waals surface area contributed by atoms with E-state index in [2.05, 4.69) is 98.0 Å². The molecular formula is C25H25N3. The van der Waals surface area contributed by atoms with Gasteiger partial charge in [0.05, 0.1) is 22.8 Å². The van der Waals surface area contributed by atoms with E-state index in [1.54, 1.807) is 0 Å². The summed E-state index contributed by atoms with van der Waals surface area (Å²) < 4.78 is 2.15. The van der Waals surface area contributed by atoms with Crippen LogP contribution in [0.25, 0.3) is 33.3 Å². The number of nitrogens with zero attached hydrogens (tertiary/aromatic N) is 3. The molecule has 1 aromatic heterocycles. The van der Waals surface area contributed by atoms with Gasteiger partial charge in [-0.15, -0.1) is 0 Å². The van der Waals surface area contributed by atoms with Crippen molar-refractivity contribution in [3.05, 3.63) is 78.6 Å². The van der Waals surface area contributed by atoms with E-state index in [-0.39, 0.29) is 5.54 Å². The summed E-state index contributed by atoms with van der Waals surface area (Å²) in [6.45, 7) is 6.28.